The standard InChI is InChI=1S/C19H30N2O2S/c1-3-5-7-9-15-23-17-13-11-16(12-14-17)20-19(24)21-18(22)10-8-6-4-2/h11-14H,3-10,15H2,1-2H3,(H2,20,21,22,24). The van der Waals surface area contributed by atoms with E-state index in [0.717, 1.165) is 43.7 Å². The maximum Gasteiger partial charge on any atom is 0.226 e. The Labute approximate surface area is 151 Å². The van der Waals surface area contributed by atoms with Gasteiger partial charge < -0.3 is 15.4 Å². The predicted molar refractivity (Wildman–Crippen MR) is 105 cm³/mol. The van der Waals surface area contributed by atoms with Crippen LogP contribution in [0.3, 0.4) is 0 Å². The fraction of sp³-hybridized carbons (Fsp3) is 0.579. The smallest absolute Gasteiger partial charge is 0.226 e. The minimum atomic E-state index is -0.0343. The summed E-state index contributed by atoms with van der Waals surface area (Å²) < 4.78 is 5.70. The zero-order chi connectivity index (χ0) is 17.6. The van der Waals surface area contributed by atoms with Crippen LogP contribution in [-0.2, 0) is 4.79 Å². The lowest BCUT2D eigenvalue weighted by molar-refractivity contribution is -0.119. The molecule has 0 atom stereocenters. The molecule has 1 aromatic carbocycles. The van der Waals surface area contributed by atoms with E-state index in [1.165, 1.54) is 19.3 Å². The van der Waals surface area contributed by atoms with E-state index < -0.39 is 0 Å². The van der Waals surface area contributed by atoms with Gasteiger partial charge in [-0.15, -0.1) is 0 Å². The molecule has 0 radical (unpaired) electrons. The van der Waals surface area contributed by atoms with Crippen molar-refractivity contribution in [2.45, 2.75) is 65.2 Å². The monoisotopic (exact) mass is 350 g/mol. The molecule has 0 unspecified atom stereocenters. The van der Waals surface area contributed by atoms with Crippen molar-refractivity contribution in [1.82, 2.24) is 5.32 Å². The highest BCUT2D eigenvalue weighted by molar-refractivity contribution is 7.80. The SMILES string of the molecule is CCCCCCOc1ccc(NC(=S)NC(=O)CCCCC)cc1. The topological polar surface area (TPSA) is 50.4 Å². The maximum atomic E-state index is 11.7. The van der Waals surface area contributed by atoms with Crippen molar-refractivity contribution in [3.8, 4) is 5.75 Å². The molecule has 24 heavy (non-hydrogen) atoms. The van der Waals surface area contributed by atoms with E-state index in [0.29, 0.717) is 11.5 Å². The number of unbranched alkanes of at least 4 members (excludes halogenated alkanes) is 5. The van der Waals surface area contributed by atoms with Crippen LogP contribution >= 0.6 is 12.2 Å². The van der Waals surface area contributed by atoms with E-state index in [1.54, 1.807) is 0 Å². The van der Waals surface area contributed by atoms with Crippen LogP contribution in [0.2, 0.25) is 0 Å². The van der Waals surface area contributed by atoms with Gasteiger partial charge in [0.05, 0.1) is 6.61 Å². The van der Waals surface area contributed by atoms with Gasteiger partial charge in [0, 0.05) is 12.1 Å². The molecule has 0 spiro atoms. The molecule has 0 aliphatic rings. The Bertz CT molecular complexity index is 489. The van der Waals surface area contributed by atoms with Crippen molar-refractivity contribution in [3.05, 3.63) is 24.3 Å². The molecule has 4 nitrogen and oxygen atoms in total. The fourth-order valence-electron chi connectivity index (χ4n) is 2.24. The average Bonchev–Trinajstić information content (AvgIpc) is 2.56. The number of hydrogen-bond donors (Lipinski definition) is 2. The number of ether oxygens (including phenoxy) is 1. The third-order valence-electron chi connectivity index (χ3n) is 3.64. The molecule has 0 fully saturated rings. The van der Waals surface area contributed by atoms with Gasteiger partial charge in [0.1, 0.15) is 5.75 Å². The zero-order valence-corrected chi connectivity index (χ0v) is 15.7. The maximum absolute atomic E-state index is 11.7. The first-order valence-corrected chi connectivity index (χ1v) is 9.40. The van der Waals surface area contributed by atoms with Gasteiger partial charge in [0.25, 0.3) is 0 Å². The number of nitrogens with one attached hydrogen (secondary N) is 2. The molecule has 0 aliphatic heterocycles. The molecule has 2 N–H and O–H groups in total. The first-order valence-electron chi connectivity index (χ1n) is 8.99. The first-order chi connectivity index (χ1) is 11.7. The van der Waals surface area contributed by atoms with Crippen LogP contribution < -0.4 is 15.4 Å². The van der Waals surface area contributed by atoms with E-state index in [-0.39, 0.29) is 5.91 Å². The summed E-state index contributed by atoms with van der Waals surface area (Å²) in [5, 5.41) is 6.06. The van der Waals surface area contributed by atoms with Crippen LogP contribution in [0.5, 0.6) is 5.75 Å². The lowest BCUT2D eigenvalue weighted by Gasteiger charge is -2.11. The first kappa shape index (κ1) is 20.4. The van der Waals surface area contributed by atoms with Crippen LogP contribution in [0.15, 0.2) is 24.3 Å². The van der Waals surface area contributed by atoms with Gasteiger partial charge in [0.15, 0.2) is 5.11 Å². The van der Waals surface area contributed by atoms with Crippen LogP contribution in [-0.4, -0.2) is 17.6 Å². The zero-order valence-electron chi connectivity index (χ0n) is 14.9. The molecule has 0 heterocycles. The summed E-state index contributed by atoms with van der Waals surface area (Å²) in [6, 6.07) is 7.62. The number of hydrogen-bond acceptors (Lipinski definition) is 3. The fourth-order valence-corrected chi connectivity index (χ4v) is 2.47. The molecule has 0 aliphatic carbocycles. The van der Waals surface area contributed by atoms with Gasteiger partial charge in [0.2, 0.25) is 5.91 Å². The summed E-state index contributed by atoms with van der Waals surface area (Å²) in [4.78, 5) is 11.7. The van der Waals surface area contributed by atoms with Crippen molar-refractivity contribution in [2.75, 3.05) is 11.9 Å². The van der Waals surface area contributed by atoms with Crippen molar-refractivity contribution >= 4 is 28.9 Å². The molecule has 0 saturated heterocycles. The molecule has 0 bridgehead atoms. The second-order valence-corrected chi connectivity index (χ2v) is 6.30. The number of amides is 1. The van der Waals surface area contributed by atoms with Gasteiger partial charge in [-0.3, -0.25) is 4.79 Å². The van der Waals surface area contributed by atoms with Crippen molar-refractivity contribution < 1.29 is 9.53 Å². The van der Waals surface area contributed by atoms with Crippen molar-refractivity contribution in [1.29, 1.82) is 0 Å². The minimum absolute atomic E-state index is 0.0343. The lowest BCUT2D eigenvalue weighted by atomic mass is 10.2. The average molecular weight is 351 g/mol. The Kier molecular flexibility index (Phi) is 10.9. The van der Waals surface area contributed by atoms with E-state index >= 15 is 0 Å². The minimum Gasteiger partial charge on any atom is -0.494 e. The molecule has 1 rings (SSSR count). The highest BCUT2D eigenvalue weighted by Crippen LogP contribution is 2.16. The normalized spacial score (nSPS) is 10.2. The van der Waals surface area contributed by atoms with Crippen molar-refractivity contribution in [3.63, 3.8) is 0 Å². The van der Waals surface area contributed by atoms with Crippen LogP contribution in [0.4, 0.5) is 5.69 Å². The highest BCUT2D eigenvalue weighted by atomic mass is 32.1. The molecule has 1 aromatic rings. The van der Waals surface area contributed by atoms with Gasteiger partial charge in [-0.25, -0.2) is 0 Å². The summed E-state index contributed by atoms with van der Waals surface area (Å²) in [6.07, 6.45) is 8.36. The predicted octanol–water partition coefficient (Wildman–Crippen LogP) is 5.04. The Morgan fingerprint density at radius 1 is 1.00 bits per heavy atom. The molecule has 134 valence electrons. The number of anilines is 1. The Hall–Kier alpha value is -1.62. The van der Waals surface area contributed by atoms with E-state index in [1.807, 2.05) is 24.3 Å². The highest BCUT2D eigenvalue weighted by Gasteiger charge is 2.04. The number of rotatable bonds is 11. The Balaban J connectivity index is 2.27. The molecule has 5 heteroatoms. The third kappa shape index (κ3) is 9.50. The van der Waals surface area contributed by atoms with Gasteiger partial charge >= 0.3 is 0 Å². The molecular formula is C19H30N2O2S. The molecule has 1 amide bonds. The summed E-state index contributed by atoms with van der Waals surface area (Å²) in [5.41, 5.74) is 0.840. The van der Waals surface area contributed by atoms with Crippen LogP contribution in [0.1, 0.15) is 65.2 Å². The second kappa shape index (κ2) is 12.8. The molecule has 0 saturated carbocycles. The number of benzene rings is 1. The van der Waals surface area contributed by atoms with Gasteiger partial charge in [-0.1, -0.05) is 46.0 Å². The quantitative estimate of drug-likeness (QED) is 0.434. The van der Waals surface area contributed by atoms with Crippen molar-refractivity contribution in [2.24, 2.45) is 0 Å². The second-order valence-electron chi connectivity index (χ2n) is 5.89. The summed E-state index contributed by atoms with van der Waals surface area (Å²) in [7, 11) is 0. The van der Waals surface area contributed by atoms with Crippen LogP contribution in [0, 0.1) is 0 Å². The number of carbonyl (C=O) groups is 1. The van der Waals surface area contributed by atoms with Gasteiger partial charge in [-0.05, 0) is 49.3 Å². The number of thiocarbonyl (C=S) groups is 1. The summed E-state index contributed by atoms with van der Waals surface area (Å²) >= 11 is 5.16. The lowest BCUT2D eigenvalue weighted by Crippen LogP contribution is -2.33. The third-order valence-corrected chi connectivity index (χ3v) is 3.84. The Morgan fingerprint density at radius 3 is 2.33 bits per heavy atom. The van der Waals surface area contributed by atoms with Crippen LogP contribution in [0.25, 0.3) is 0 Å². The Morgan fingerprint density at radius 2 is 1.67 bits per heavy atom. The van der Waals surface area contributed by atoms with E-state index in [4.69, 9.17) is 17.0 Å². The molecular weight excluding hydrogens is 320 g/mol. The summed E-state index contributed by atoms with van der Waals surface area (Å²) in [6.45, 7) is 5.06. The van der Waals surface area contributed by atoms with E-state index in [2.05, 4.69) is 24.5 Å². The largest absolute Gasteiger partial charge is 0.494 e. The number of carbonyl (C=O) groups excluding carboxylic acids is 1. The summed E-state index contributed by atoms with van der Waals surface area (Å²) in [5.74, 6) is 0.819. The van der Waals surface area contributed by atoms with Gasteiger partial charge in [-0.2, -0.15) is 0 Å². The molecule has 0 aromatic heterocycles. The van der Waals surface area contributed by atoms with E-state index in [9.17, 15) is 4.79 Å².